The van der Waals surface area contributed by atoms with Gasteiger partial charge in [0.05, 0.1) is 0 Å². The second kappa shape index (κ2) is 12.4. The van der Waals surface area contributed by atoms with Crippen LogP contribution in [0.25, 0.3) is 0 Å². The Bertz CT molecular complexity index is 1150. The molecule has 35 heavy (non-hydrogen) atoms. The van der Waals surface area contributed by atoms with Crippen molar-refractivity contribution in [3.8, 4) is 0 Å². The third-order valence-electron chi connectivity index (χ3n) is 6.37. The summed E-state index contributed by atoms with van der Waals surface area (Å²) in [6.45, 7) is 0. The summed E-state index contributed by atoms with van der Waals surface area (Å²) in [7, 11) is -0.426. The molecule has 4 aromatic rings. The van der Waals surface area contributed by atoms with Gasteiger partial charge in [-0.2, -0.15) is 0 Å². The van der Waals surface area contributed by atoms with Gasteiger partial charge in [-0.05, 0) is 58.9 Å². The smallest absolute Gasteiger partial charge is 0.0840 e. The van der Waals surface area contributed by atoms with Crippen molar-refractivity contribution in [2.75, 3.05) is 6.16 Å². The lowest BCUT2D eigenvalue weighted by Gasteiger charge is -2.36. The lowest BCUT2D eigenvalue weighted by atomic mass is 9.68. The van der Waals surface area contributed by atoms with Crippen molar-refractivity contribution in [1.29, 1.82) is 0 Å². The van der Waals surface area contributed by atoms with E-state index in [0.717, 1.165) is 22.3 Å². The molecule has 4 aromatic carbocycles. The average molecular weight is 561 g/mol. The number of halogens is 4. The van der Waals surface area contributed by atoms with Gasteiger partial charge in [-0.3, -0.25) is 0 Å². The van der Waals surface area contributed by atoms with Crippen molar-refractivity contribution in [2.24, 2.45) is 5.92 Å². The van der Waals surface area contributed by atoms with Gasteiger partial charge in [0.25, 0.3) is 0 Å². The molecule has 1 nitrogen and oxygen atoms in total. The number of rotatable bonds is 9. The zero-order valence-corrected chi connectivity index (χ0v) is 22.8. The van der Waals surface area contributed by atoms with Gasteiger partial charge in [0.2, 0.25) is 0 Å². The summed E-state index contributed by atoms with van der Waals surface area (Å²) in [5.41, 5.74) is 3.85. The van der Waals surface area contributed by atoms with Crippen molar-refractivity contribution in [3.05, 3.63) is 139 Å². The van der Waals surface area contributed by atoms with E-state index in [1.165, 1.54) is 0 Å². The van der Waals surface area contributed by atoms with Crippen LogP contribution < -0.4 is 0 Å². The third-order valence-corrected chi connectivity index (χ3v) is 8.19. The van der Waals surface area contributed by atoms with E-state index < -0.39 is 8.46 Å². The Morgan fingerprint density at radius 1 is 0.543 bits per heavy atom. The van der Waals surface area contributed by atoms with Gasteiger partial charge in [0, 0.05) is 31.9 Å². The van der Waals surface area contributed by atoms with Crippen molar-refractivity contribution in [3.63, 3.8) is 0 Å². The van der Waals surface area contributed by atoms with Crippen LogP contribution in [-0.2, 0) is 4.57 Å². The van der Waals surface area contributed by atoms with Crippen molar-refractivity contribution in [2.45, 2.75) is 18.3 Å². The van der Waals surface area contributed by atoms with Crippen LogP contribution in [0.3, 0.4) is 0 Å². The monoisotopic (exact) mass is 559 g/mol. The van der Waals surface area contributed by atoms with Crippen LogP contribution in [0.2, 0.25) is 20.1 Å². The summed E-state index contributed by atoms with van der Waals surface area (Å²) in [6, 6.07) is 31.6. The third kappa shape index (κ3) is 5.93. The van der Waals surface area contributed by atoms with Crippen LogP contribution in [0.5, 0.6) is 0 Å². The molecule has 6 heteroatoms. The molecule has 0 aliphatic heterocycles. The summed E-state index contributed by atoms with van der Waals surface area (Å²) < 4.78 is 11.8. The number of hydrogen-bond acceptors (Lipinski definition) is 1. The number of hydrogen-bond donors (Lipinski definition) is 0. The molecule has 3 atom stereocenters. The van der Waals surface area contributed by atoms with Gasteiger partial charge in [-0.1, -0.05) is 124 Å². The van der Waals surface area contributed by atoms with E-state index in [9.17, 15) is 4.57 Å². The predicted molar refractivity (Wildman–Crippen MR) is 151 cm³/mol. The van der Waals surface area contributed by atoms with Crippen LogP contribution in [0.4, 0.5) is 0 Å². The van der Waals surface area contributed by atoms with E-state index in [1.54, 1.807) is 0 Å². The molecule has 0 aromatic heterocycles. The Morgan fingerprint density at radius 2 is 0.914 bits per heavy atom. The van der Waals surface area contributed by atoms with E-state index in [0.29, 0.717) is 32.7 Å². The van der Waals surface area contributed by atoms with Crippen LogP contribution in [0.1, 0.15) is 40.5 Å². The standard InChI is InChI=1S/C29H23Cl4OP/c30-22-13-7-14-23(31)28(22)26(19-9-3-1-4-10-19)21(17-18-35-34)27(20-11-5-2-6-12-20)29-24(32)15-8-16-25(29)33/h1-16,21,26-27H,17-18H2/p+1. The molecule has 0 heterocycles. The molecule has 0 N–H and O–H groups in total. The fraction of sp³-hybridized carbons (Fsp3) is 0.172. The molecule has 178 valence electrons. The molecule has 0 spiro atoms. The summed E-state index contributed by atoms with van der Waals surface area (Å²) in [5.74, 6) is -0.464. The van der Waals surface area contributed by atoms with Gasteiger partial charge in [0.1, 0.15) is 6.16 Å². The fourth-order valence-electron chi connectivity index (χ4n) is 4.94. The SMILES string of the molecule is O=[PH+]CCC(C(c1ccccc1)c1c(Cl)cccc1Cl)C(c1ccccc1)c1c(Cl)cccc1Cl. The van der Waals surface area contributed by atoms with Gasteiger partial charge in [-0.15, -0.1) is 0 Å². The van der Waals surface area contributed by atoms with Crippen molar-refractivity contribution >= 4 is 54.9 Å². The van der Waals surface area contributed by atoms with Gasteiger partial charge in [0.15, 0.2) is 0 Å². The molecule has 3 unspecified atom stereocenters. The maximum Gasteiger partial charge on any atom is 0.324 e. The molecule has 0 fully saturated rings. The topological polar surface area (TPSA) is 17.1 Å². The molecular weight excluding hydrogens is 537 g/mol. The first kappa shape index (κ1) is 26.2. The lowest BCUT2D eigenvalue weighted by molar-refractivity contribution is 0.405. The average Bonchev–Trinajstić information content (AvgIpc) is 2.87. The van der Waals surface area contributed by atoms with E-state index in [1.807, 2.05) is 72.8 Å². The van der Waals surface area contributed by atoms with Gasteiger partial charge < -0.3 is 0 Å². The molecule has 0 saturated heterocycles. The summed E-state index contributed by atoms with van der Waals surface area (Å²) in [5, 5.41) is 2.38. The summed E-state index contributed by atoms with van der Waals surface area (Å²) in [4.78, 5) is 0. The van der Waals surface area contributed by atoms with Crippen molar-refractivity contribution in [1.82, 2.24) is 0 Å². The molecule has 0 aliphatic carbocycles. The van der Waals surface area contributed by atoms with Crippen LogP contribution in [0.15, 0.2) is 97.1 Å². The van der Waals surface area contributed by atoms with Gasteiger partial charge in [-0.25, -0.2) is 0 Å². The summed E-state index contributed by atoms with van der Waals surface area (Å²) >= 11 is 27.3. The maximum absolute atomic E-state index is 11.8. The van der Waals surface area contributed by atoms with Crippen LogP contribution >= 0.6 is 54.9 Å². The van der Waals surface area contributed by atoms with Gasteiger partial charge >= 0.3 is 8.46 Å². The minimum atomic E-state index is -0.426. The van der Waals surface area contributed by atoms with Crippen LogP contribution in [-0.4, -0.2) is 6.16 Å². The molecule has 4 rings (SSSR count). The molecule has 0 radical (unpaired) electrons. The maximum atomic E-state index is 11.8. The highest BCUT2D eigenvalue weighted by Gasteiger charge is 2.38. The van der Waals surface area contributed by atoms with E-state index in [-0.39, 0.29) is 17.8 Å². The predicted octanol–water partition coefficient (Wildman–Crippen LogP) is 10.3. The first-order valence-corrected chi connectivity index (χ1v) is 14.0. The minimum absolute atomic E-state index is 0.0870. The van der Waals surface area contributed by atoms with Crippen molar-refractivity contribution < 1.29 is 4.57 Å². The Labute approximate surface area is 228 Å². The summed E-state index contributed by atoms with van der Waals surface area (Å²) in [6.07, 6.45) is 1.19. The Hall–Kier alpha value is -1.86. The first-order valence-electron chi connectivity index (χ1n) is 11.4. The fourth-order valence-corrected chi connectivity index (χ4v) is 6.66. The zero-order valence-electron chi connectivity index (χ0n) is 18.8. The largest absolute Gasteiger partial charge is 0.324 e. The molecule has 0 amide bonds. The van der Waals surface area contributed by atoms with E-state index in [4.69, 9.17) is 46.4 Å². The highest BCUT2D eigenvalue weighted by Crippen LogP contribution is 2.51. The first-order chi connectivity index (χ1) is 17.0. The Balaban J connectivity index is 2.03. The highest BCUT2D eigenvalue weighted by molar-refractivity contribution is 7.23. The van der Waals surface area contributed by atoms with E-state index >= 15 is 0 Å². The Morgan fingerprint density at radius 3 is 1.26 bits per heavy atom. The lowest BCUT2D eigenvalue weighted by Crippen LogP contribution is -2.25. The highest BCUT2D eigenvalue weighted by atomic mass is 35.5. The molecular formula is C29H24Cl4OP+. The zero-order chi connectivity index (χ0) is 24.8. The molecule has 0 saturated carbocycles. The second-order valence-corrected chi connectivity index (χ2v) is 10.8. The quantitative estimate of drug-likeness (QED) is 0.186. The molecule has 0 aliphatic rings. The minimum Gasteiger partial charge on any atom is -0.0840 e. The number of benzene rings is 4. The van der Waals surface area contributed by atoms with E-state index in [2.05, 4.69) is 24.3 Å². The second-order valence-electron chi connectivity index (χ2n) is 8.39. The normalized spacial score (nSPS) is 13.9. The van der Waals surface area contributed by atoms with Crippen LogP contribution in [0, 0.1) is 5.92 Å². The molecule has 0 bridgehead atoms. The Kier molecular flexibility index (Phi) is 9.28.